The number of aromatic nitrogens is 2. The van der Waals surface area contributed by atoms with E-state index in [0.29, 0.717) is 16.9 Å². The van der Waals surface area contributed by atoms with Gasteiger partial charge in [-0.25, -0.2) is 9.98 Å². The number of aliphatic imine (C=N–C) groups is 1. The van der Waals surface area contributed by atoms with Crippen molar-refractivity contribution in [1.82, 2.24) is 9.55 Å². The summed E-state index contributed by atoms with van der Waals surface area (Å²) in [5, 5.41) is 12.0. The summed E-state index contributed by atoms with van der Waals surface area (Å²) in [6, 6.07) is 9.12. The van der Waals surface area contributed by atoms with Crippen molar-refractivity contribution in [3.05, 3.63) is 41.9 Å². The molecule has 96 valence electrons. The van der Waals surface area contributed by atoms with Gasteiger partial charge in [0.25, 0.3) is 0 Å². The zero-order valence-electron chi connectivity index (χ0n) is 10.8. The average Bonchev–Trinajstić information content (AvgIpc) is 2.80. The molecule has 2 rings (SSSR count). The van der Waals surface area contributed by atoms with Crippen LogP contribution in [0.25, 0.3) is 0 Å². The van der Waals surface area contributed by atoms with E-state index in [1.54, 1.807) is 31.6 Å². The van der Waals surface area contributed by atoms with Gasteiger partial charge in [-0.15, -0.1) is 0 Å². The molecule has 3 N–H and O–H groups in total. The molecule has 0 amide bonds. The van der Waals surface area contributed by atoms with Gasteiger partial charge in [0.05, 0.1) is 17.6 Å². The highest BCUT2D eigenvalue weighted by Gasteiger charge is 2.11. The van der Waals surface area contributed by atoms with E-state index in [4.69, 9.17) is 11.0 Å². The van der Waals surface area contributed by atoms with Crippen LogP contribution in [0.5, 0.6) is 0 Å². The van der Waals surface area contributed by atoms with Crippen molar-refractivity contribution in [3.8, 4) is 6.07 Å². The maximum atomic E-state index is 9.01. The number of nitrogens with one attached hydrogen (secondary N) is 1. The Morgan fingerprint density at radius 1 is 1.47 bits per heavy atom. The molecule has 6 heteroatoms. The maximum absolute atomic E-state index is 9.01. The number of amidine groups is 1. The second kappa shape index (κ2) is 5.23. The van der Waals surface area contributed by atoms with Crippen LogP contribution in [0.15, 0.2) is 35.6 Å². The van der Waals surface area contributed by atoms with E-state index < -0.39 is 0 Å². The number of hydrogen-bond acceptors (Lipinski definition) is 4. The lowest BCUT2D eigenvalue weighted by molar-refractivity contribution is 0.918. The zero-order valence-corrected chi connectivity index (χ0v) is 10.8. The quantitative estimate of drug-likeness (QED) is 0.639. The van der Waals surface area contributed by atoms with Gasteiger partial charge in [0.2, 0.25) is 0 Å². The number of nitriles is 1. The van der Waals surface area contributed by atoms with E-state index in [1.165, 1.54) is 0 Å². The van der Waals surface area contributed by atoms with Crippen molar-refractivity contribution in [2.75, 3.05) is 12.4 Å². The molecule has 0 bridgehead atoms. The number of hydrogen-bond donors (Lipinski definition) is 2. The average molecular weight is 254 g/mol. The molecule has 0 atom stereocenters. The molecule has 0 aliphatic heterocycles. The lowest BCUT2D eigenvalue weighted by atomic mass is 10.2. The third-order valence-electron chi connectivity index (χ3n) is 2.68. The lowest BCUT2D eigenvalue weighted by Crippen LogP contribution is -2.16. The summed E-state index contributed by atoms with van der Waals surface area (Å²) >= 11 is 0. The molecule has 0 unspecified atom stereocenters. The fourth-order valence-electron chi connectivity index (χ4n) is 1.76. The number of rotatable bonds is 3. The molecule has 0 aliphatic rings. The minimum Gasteiger partial charge on any atom is -0.382 e. The number of imidazole rings is 1. The van der Waals surface area contributed by atoms with Gasteiger partial charge in [-0.2, -0.15) is 5.26 Å². The van der Waals surface area contributed by atoms with Crippen molar-refractivity contribution in [1.29, 1.82) is 5.26 Å². The first-order valence-electron chi connectivity index (χ1n) is 5.70. The molecule has 0 saturated carbocycles. The molecular formula is C13H14N6. The predicted molar refractivity (Wildman–Crippen MR) is 74.3 cm³/mol. The van der Waals surface area contributed by atoms with Gasteiger partial charge in [0.15, 0.2) is 5.84 Å². The largest absolute Gasteiger partial charge is 0.382 e. The third kappa shape index (κ3) is 2.40. The number of aryl methyl sites for hydroxylation is 1. The smallest absolute Gasteiger partial charge is 0.153 e. The molecule has 2 aromatic rings. The van der Waals surface area contributed by atoms with Crippen molar-refractivity contribution in [2.45, 2.75) is 0 Å². The highest BCUT2D eigenvalue weighted by atomic mass is 15.1. The molecule has 6 nitrogen and oxygen atoms in total. The van der Waals surface area contributed by atoms with Crippen molar-refractivity contribution < 1.29 is 0 Å². The van der Waals surface area contributed by atoms with Gasteiger partial charge < -0.3 is 15.6 Å². The molecule has 0 saturated heterocycles. The van der Waals surface area contributed by atoms with Crippen LogP contribution in [-0.2, 0) is 7.05 Å². The van der Waals surface area contributed by atoms with Gasteiger partial charge in [-0.05, 0) is 12.1 Å². The number of nitrogens with zero attached hydrogens (tertiary/aromatic N) is 4. The van der Waals surface area contributed by atoms with E-state index >= 15 is 0 Å². The van der Waals surface area contributed by atoms with Crippen LogP contribution in [0.4, 0.5) is 11.5 Å². The van der Waals surface area contributed by atoms with Crippen LogP contribution < -0.4 is 11.1 Å². The Bertz CT molecular complexity index is 662. The van der Waals surface area contributed by atoms with Crippen LogP contribution in [0.1, 0.15) is 11.3 Å². The summed E-state index contributed by atoms with van der Waals surface area (Å²) in [5.74, 6) is 1.04. The number of para-hydroxylation sites is 1. The summed E-state index contributed by atoms with van der Waals surface area (Å²) in [4.78, 5) is 8.48. The number of anilines is 1. The minimum absolute atomic E-state index is 0.271. The Kier molecular flexibility index (Phi) is 3.48. The van der Waals surface area contributed by atoms with E-state index in [0.717, 1.165) is 5.82 Å². The summed E-state index contributed by atoms with van der Waals surface area (Å²) < 4.78 is 1.81. The van der Waals surface area contributed by atoms with Crippen molar-refractivity contribution in [3.63, 3.8) is 0 Å². The first kappa shape index (κ1) is 12.6. The van der Waals surface area contributed by atoms with Crippen LogP contribution in [0.3, 0.4) is 0 Å². The monoisotopic (exact) mass is 254 g/mol. The fraction of sp³-hybridized carbons (Fsp3) is 0.154. The second-order valence-electron chi connectivity index (χ2n) is 3.93. The standard InChI is InChI=1S/C13H14N6/c1-16-13-11(17-8-19(13)2)12(15)18-10-6-4-3-5-9(10)7-14/h3-6,8,16H,1-2H3,(H2,15,18). The third-order valence-corrected chi connectivity index (χ3v) is 2.68. The molecule has 1 aromatic carbocycles. The summed E-state index contributed by atoms with van der Waals surface area (Å²) in [6.45, 7) is 0. The van der Waals surface area contributed by atoms with Crippen LogP contribution in [-0.4, -0.2) is 22.4 Å². The van der Waals surface area contributed by atoms with E-state index in [1.807, 2.05) is 17.7 Å². The summed E-state index contributed by atoms with van der Waals surface area (Å²) in [7, 11) is 3.65. The maximum Gasteiger partial charge on any atom is 0.153 e. The highest BCUT2D eigenvalue weighted by Crippen LogP contribution is 2.19. The molecular weight excluding hydrogens is 240 g/mol. The SMILES string of the molecule is CNc1c(C(N)=Nc2ccccc2C#N)ncn1C. The first-order chi connectivity index (χ1) is 9.17. The predicted octanol–water partition coefficient (Wildman–Crippen LogP) is 1.37. The van der Waals surface area contributed by atoms with Crippen molar-refractivity contribution in [2.24, 2.45) is 17.8 Å². The number of benzene rings is 1. The molecule has 1 aromatic heterocycles. The van der Waals surface area contributed by atoms with Crippen LogP contribution in [0, 0.1) is 11.3 Å². The molecule has 0 spiro atoms. The molecule has 0 aliphatic carbocycles. The molecule has 1 heterocycles. The Hall–Kier alpha value is -2.81. The van der Waals surface area contributed by atoms with Gasteiger partial charge in [-0.3, -0.25) is 0 Å². The Morgan fingerprint density at radius 3 is 2.89 bits per heavy atom. The normalized spacial score (nSPS) is 11.1. The van der Waals surface area contributed by atoms with E-state index in [9.17, 15) is 0 Å². The molecule has 0 radical (unpaired) electrons. The Labute approximate surface area is 111 Å². The minimum atomic E-state index is 0.271. The summed E-state index contributed by atoms with van der Waals surface area (Å²) in [5.41, 5.74) is 7.55. The Morgan fingerprint density at radius 2 is 2.21 bits per heavy atom. The fourth-order valence-corrected chi connectivity index (χ4v) is 1.76. The number of nitrogens with two attached hydrogens (primary N) is 1. The van der Waals surface area contributed by atoms with Crippen LogP contribution in [0.2, 0.25) is 0 Å². The molecule has 0 fully saturated rings. The topological polar surface area (TPSA) is 92.0 Å². The Balaban J connectivity index is 2.46. The van der Waals surface area contributed by atoms with Crippen LogP contribution >= 0.6 is 0 Å². The first-order valence-corrected chi connectivity index (χ1v) is 5.70. The van der Waals surface area contributed by atoms with Crippen molar-refractivity contribution >= 4 is 17.3 Å². The van der Waals surface area contributed by atoms with Gasteiger partial charge in [-0.1, -0.05) is 12.1 Å². The zero-order chi connectivity index (χ0) is 13.8. The summed E-state index contributed by atoms with van der Waals surface area (Å²) in [6.07, 6.45) is 1.65. The highest BCUT2D eigenvalue weighted by molar-refractivity contribution is 6.01. The second-order valence-corrected chi connectivity index (χ2v) is 3.93. The van der Waals surface area contributed by atoms with Gasteiger partial charge in [0, 0.05) is 14.1 Å². The van der Waals surface area contributed by atoms with Gasteiger partial charge >= 0.3 is 0 Å². The lowest BCUT2D eigenvalue weighted by Gasteiger charge is -2.04. The van der Waals surface area contributed by atoms with E-state index in [-0.39, 0.29) is 5.84 Å². The van der Waals surface area contributed by atoms with E-state index in [2.05, 4.69) is 21.4 Å². The van der Waals surface area contributed by atoms with Gasteiger partial charge in [0.1, 0.15) is 17.6 Å². The molecule has 19 heavy (non-hydrogen) atoms.